The zero-order valence-electron chi connectivity index (χ0n) is 53.3. The van der Waals surface area contributed by atoms with Crippen molar-refractivity contribution in [3.8, 4) is 0 Å². The van der Waals surface area contributed by atoms with E-state index in [4.69, 9.17) is 37.0 Å². The third-order valence-electron chi connectivity index (χ3n) is 14.8. The Bertz CT molecular complexity index is 1620. The fourth-order valence-electron chi connectivity index (χ4n) is 9.58. The van der Waals surface area contributed by atoms with Gasteiger partial charge in [0.15, 0.2) is 12.2 Å². The van der Waals surface area contributed by atoms with Crippen LogP contribution in [0, 0.1) is 5.92 Å². The maximum absolute atomic E-state index is 13.0. The van der Waals surface area contributed by atoms with Crippen LogP contribution in [0.25, 0.3) is 0 Å². The fourth-order valence-corrected chi connectivity index (χ4v) is 11.2. The van der Waals surface area contributed by atoms with Crippen molar-refractivity contribution in [1.29, 1.82) is 0 Å². The number of esters is 4. The molecule has 0 aliphatic carbocycles. The molecule has 0 aromatic carbocycles. The quantitative estimate of drug-likeness (QED) is 0.0222. The standard InChI is InChI=1S/C64H124O17P2/c1-6-9-12-15-18-20-22-23-24-25-29-35-40-45-50-64(69)81-60(54-75-62(67)48-43-38-33-30-26-27-32-36-41-46-57(4)5)56-79-83(72,73)77-52-58(65)51-76-82(70,71)78-55-59(53-74-61(66)47-42-37-31-17-14-11-8-3)80-63(68)49-44-39-34-28-21-19-16-13-10-7-2/h57-60,65H,6-56H2,1-5H3,(H,70,71)(H,72,73)/t58-,59+,60+/m0/s1. The van der Waals surface area contributed by atoms with Gasteiger partial charge in [0.05, 0.1) is 26.4 Å². The number of hydrogen-bond acceptors (Lipinski definition) is 15. The maximum atomic E-state index is 13.0. The first kappa shape index (κ1) is 81.1. The average Bonchev–Trinajstić information content (AvgIpc) is 3.49. The average molecular weight is 1230 g/mol. The number of unbranched alkanes of at least 4 members (excludes halogenated alkanes) is 36. The summed E-state index contributed by atoms with van der Waals surface area (Å²) >= 11 is 0. The molecule has 0 aromatic rings. The van der Waals surface area contributed by atoms with E-state index in [0.717, 1.165) is 109 Å². The van der Waals surface area contributed by atoms with Gasteiger partial charge in [-0.2, -0.15) is 0 Å². The van der Waals surface area contributed by atoms with E-state index in [2.05, 4.69) is 34.6 Å². The van der Waals surface area contributed by atoms with Crippen molar-refractivity contribution < 1.29 is 80.2 Å². The number of carbonyl (C=O) groups is 4. The molecular weight excluding hydrogens is 1100 g/mol. The molecule has 0 saturated carbocycles. The lowest BCUT2D eigenvalue weighted by Gasteiger charge is -2.21. The zero-order chi connectivity index (χ0) is 61.3. The second kappa shape index (κ2) is 57.8. The van der Waals surface area contributed by atoms with Gasteiger partial charge in [-0.3, -0.25) is 37.3 Å². The Labute approximate surface area is 505 Å². The number of ether oxygens (including phenoxy) is 4. The normalized spacial score (nSPS) is 14.2. The molecule has 3 N–H and O–H groups in total. The number of phosphoric ester groups is 2. The lowest BCUT2D eigenvalue weighted by Crippen LogP contribution is -2.30. The van der Waals surface area contributed by atoms with Crippen molar-refractivity contribution in [3.63, 3.8) is 0 Å². The predicted octanol–water partition coefficient (Wildman–Crippen LogP) is 17.8. The van der Waals surface area contributed by atoms with Gasteiger partial charge in [0, 0.05) is 25.7 Å². The van der Waals surface area contributed by atoms with E-state index >= 15 is 0 Å². The summed E-state index contributed by atoms with van der Waals surface area (Å²) in [6.45, 7) is 7.13. The molecule has 0 fully saturated rings. The molecule has 83 heavy (non-hydrogen) atoms. The van der Waals surface area contributed by atoms with E-state index in [1.807, 2.05) is 0 Å². The molecule has 2 unspecified atom stereocenters. The van der Waals surface area contributed by atoms with E-state index in [1.165, 1.54) is 135 Å². The Morgan fingerprint density at radius 1 is 0.325 bits per heavy atom. The summed E-state index contributed by atoms with van der Waals surface area (Å²) in [5.41, 5.74) is 0. The van der Waals surface area contributed by atoms with Gasteiger partial charge in [0.1, 0.15) is 19.3 Å². The van der Waals surface area contributed by atoms with Gasteiger partial charge in [-0.15, -0.1) is 0 Å². The summed E-state index contributed by atoms with van der Waals surface area (Å²) in [5, 5.41) is 10.5. The first-order valence-electron chi connectivity index (χ1n) is 33.6. The molecule has 492 valence electrons. The molecule has 0 heterocycles. The molecule has 0 saturated heterocycles. The minimum atomic E-state index is -4.94. The van der Waals surface area contributed by atoms with Crippen molar-refractivity contribution in [2.45, 2.75) is 342 Å². The van der Waals surface area contributed by atoms with Gasteiger partial charge in [0.25, 0.3) is 0 Å². The number of hydrogen-bond donors (Lipinski definition) is 3. The summed E-state index contributed by atoms with van der Waals surface area (Å²) in [5.74, 6) is -1.39. The molecule has 0 aromatic heterocycles. The largest absolute Gasteiger partial charge is 0.472 e. The lowest BCUT2D eigenvalue weighted by molar-refractivity contribution is -0.161. The van der Waals surface area contributed by atoms with Crippen LogP contribution in [0.2, 0.25) is 0 Å². The van der Waals surface area contributed by atoms with Gasteiger partial charge >= 0.3 is 39.5 Å². The molecule has 0 amide bonds. The highest BCUT2D eigenvalue weighted by molar-refractivity contribution is 7.47. The number of phosphoric acid groups is 2. The van der Waals surface area contributed by atoms with Crippen molar-refractivity contribution in [3.05, 3.63) is 0 Å². The number of rotatable bonds is 64. The highest BCUT2D eigenvalue weighted by Gasteiger charge is 2.30. The van der Waals surface area contributed by atoms with Crippen molar-refractivity contribution in [2.24, 2.45) is 5.92 Å². The molecule has 0 rings (SSSR count). The minimum Gasteiger partial charge on any atom is -0.462 e. The Hall–Kier alpha value is -1.94. The Balaban J connectivity index is 5.21. The summed E-state index contributed by atoms with van der Waals surface area (Å²) in [6.07, 6.45) is 41.7. The van der Waals surface area contributed by atoms with Crippen LogP contribution in [0.4, 0.5) is 0 Å². The topological polar surface area (TPSA) is 237 Å². The Morgan fingerprint density at radius 3 is 0.819 bits per heavy atom. The smallest absolute Gasteiger partial charge is 0.462 e. The molecule has 19 heteroatoms. The number of aliphatic hydroxyl groups excluding tert-OH is 1. The van der Waals surface area contributed by atoms with E-state index in [0.29, 0.717) is 25.7 Å². The first-order chi connectivity index (χ1) is 40.0. The Morgan fingerprint density at radius 2 is 0.554 bits per heavy atom. The van der Waals surface area contributed by atoms with Crippen LogP contribution in [0.5, 0.6) is 0 Å². The van der Waals surface area contributed by atoms with Crippen LogP contribution in [0.15, 0.2) is 0 Å². The fraction of sp³-hybridized carbons (Fsp3) is 0.938. The third-order valence-corrected chi connectivity index (χ3v) is 16.7. The molecule has 0 spiro atoms. The monoisotopic (exact) mass is 1230 g/mol. The maximum Gasteiger partial charge on any atom is 0.472 e. The molecule has 17 nitrogen and oxygen atoms in total. The predicted molar refractivity (Wildman–Crippen MR) is 331 cm³/mol. The van der Waals surface area contributed by atoms with Crippen LogP contribution in [-0.2, 0) is 65.4 Å². The van der Waals surface area contributed by atoms with Crippen LogP contribution < -0.4 is 0 Å². The second-order valence-corrected chi connectivity index (χ2v) is 26.5. The zero-order valence-corrected chi connectivity index (χ0v) is 55.1. The first-order valence-corrected chi connectivity index (χ1v) is 36.6. The highest BCUT2D eigenvalue weighted by Crippen LogP contribution is 2.45. The number of carbonyl (C=O) groups excluding carboxylic acids is 4. The van der Waals surface area contributed by atoms with Crippen LogP contribution >= 0.6 is 15.6 Å². The van der Waals surface area contributed by atoms with Crippen LogP contribution in [0.3, 0.4) is 0 Å². The SMILES string of the molecule is CCCCCCCCCCCCCCCCC(=O)O[C@H](COC(=O)CCCCCCCCCCCC(C)C)COP(=O)(O)OC[C@@H](O)COP(=O)(O)OC[C@@H](COC(=O)CCCCCCCCC)OC(=O)CCCCCCCCCCCC. The molecule has 0 aliphatic rings. The third kappa shape index (κ3) is 58.8. The van der Waals surface area contributed by atoms with Gasteiger partial charge in [-0.25, -0.2) is 9.13 Å². The summed E-state index contributed by atoms with van der Waals surface area (Å²) in [6, 6.07) is 0. The highest BCUT2D eigenvalue weighted by atomic mass is 31.2. The molecule has 0 radical (unpaired) electrons. The molecule has 0 bridgehead atoms. The molecular formula is C64H124O17P2. The van der Waals surface area contributed by atoms with E-state index in [9.17, 15) is 43.2 Å². The summed E-state index contributed by atoms with van der Waals surface area (Å²) < 4.78 is 67.9. The summed E-state index contributed by atoms with van der Waals surface area (Å²) in [7, 11) is -9.88. The van der Waals surface area contributed by atoms with Crippen LogP contribution in [-0.4, -0.2) is 96.7 Å². The van der Waals surface area contributed by atoms with Gasteiger partial charge in [-0.05, 0) is 31.6 Å². The minimum absolute atomic E-state index is 0.106. The van der Waals surface area contributed by atoms with Crippen molar-refractivity contribution in [2.75, 3.05) is 39.6 Å². The van der Waals surface area contributed by atoms with Gasteiger partial charge < -0.3 is 33.8 Å². The summed E-state index contributed by atoms with van der Waals surface area (Å²) in [4.78, 5) is 72.1. The Kier molecular flexibility index (Phi) is 56.4. The number of aliphatic hydroxyl groups is 1. The van der Waals surface area contributed by atoms with Gasteiger partial charge in [0.2, 0.25) is 0 Å². The second-order valence-electron chi connectivity index (χ2n) is 23.6. The molecule has 5 atom stereocenters. The van der Waals surface area contributed by atoms with Crippen molar-refractivity contribution in [1.82, 2.24) is 0 Å². The lowest BCUT2D eigenvalue weighted by atomic mass is 10.0. The van der Waals surface area contributed by atoms with Gasteiger partial charge in [-0.1, -0.05) is 272 Å². The molecule has 0 aliphatic heterocycles. The van der Waals surface area contributed by atoms with E-state index < -0.39 is 97.5 Å². The van der Waals surface area contributed by atoms with E-state index in [1.54, 1.807) is 0 Å². The van der Waals surface area contributed by atoms with E-state index in [-0.39, 0.29) is 25.7 Å². The van der Waals surface area contributed by atoms with Crippen molar-refractivity contribution >= 4 is 39.5 Å². The van der Waals surface area contributed by atoms with Crippen LogP contribution in [0.1, 0.15) is 324 Å².